The first-order chi connectivity index (χ1) is 11.3. The number of hydrogen-bond acceptors (Lipinski definition) is 4. The Balaban J connectivity index is 0.00000312. The summed E-state index contributed by atoms with van der Waals surface area (Å²) in [6.07, 6.45) is 6.38. The lowest BCUT2D eigenvalue weighted by Gasteiger charge is -2.30. The lowest BCUT2D eigenvalue weighted by molar-refractivity contribution is 0.0916. The zero-order valence-corrected chi connectivity index (χ0v) is 15.8. The number of carbonyl (C=O) groups excluding carboxylic acids is 1. The van der Waals surface area contributed by atoms with E-state index in [1.165, 1.54) is 12.5 Å². The average molecular weight is 394 g/mol. The topological polar surface area (TPSA) is 101 Å². The summed E-state index contributed by atoms with van der Waals surface area (Å²) >= 11 is 0. The summed E-state index contributed by atoms with van der Waals surface area (Å²) in [6, 6.07) is 3.17. The number of hydrogen-bond donors (Lipinski definition) is 3. The van der Waals surface area contributed by atoms with E-state index < -0.39 is 21.7 Å². The van der Waals surface area contributed by atoms with E-state index in [-0.39, 0.29) is 29.7 Å². The van der Waals surface area contributed by atoms with Gasteiger partial charge in [-0.1, -0.05) is 19.3 Å². The molecule has 0 aliphatic heterocycles. The van der Waals surface area contributed by atoms with E-state index in [1.54, 1.807) is 0 Å². The maximum absolute atomic E-state index is 13.5. The molecule has 25 heavy (non-hydrogen) atoms. The third-order valence-electron chi connectivity index (χ3n) is 4.31. The minimum absolute atomic E-state index is 0. The fourth-order valence-corrected chi connectivity index (χ4v) is 3.72. The van der Waals surface area contributed by atoms with Crippen LogP contribution in [-0.4, -0.2) is 33.2 Å². The van der Waals surface area contributed by atoms with Gasteiger partial charge in [-0.2, -0.15) is 0 Å². The summed E-state index contributed by atoms with van der Waals surface area (Å²) in [5.74, 6) is -0.838. The summed E-state index contributed by atoms with van der Waals surface area (Å²) in [7, 11) is -3.58. The minimum atomic E-state index is -3.58. The monoisotopic (exact) mass is 393 g/mol. The molecule has 0 saturated heterocycles. The van der Waals surface area contributed by atoms with Gasteiger partial charge in [0.25, 0.3) is 5.91 Å². The highest BCUT2D eigenvalue weighted by atomic mass is 35.5. The number of halogens is 2. The second kappa shape index (κ2) is 9.35. The number of nitrogens with one attached hydrogen (secondary N) is 2. The fraction of sp³-hybridized carbons (Fsp3) is 0.562. The van der Waals surface area contributed by atoms with Gasteiger partial charge in [0, 0.05) is 12.6 Å². The Morgan fingerprint density at radius 1 is 1.32 bits per heavy atom. The molecule has 2 rings (SSSR count). The lowest BCUT2D eigenvalue weighted by Crippen LogP contribution is -2.46. The largest absolute Gasteiger partial charge is 0.348 e. The van der Waals surface area contributed by atoms with Crippen molar-refractivity contribution in [3.8, 4) is 0 Å². The van der Waals surface area contributed by atoms with E-state index in [4.69, 9.17) is 5.73 Å². The van der Waals surface area contributed by atoms with E-state index in [1.807, 2.05) is 0 Å². The van der Waals surface area contributed by atoms with Crippen LogP contribution in [0.25, 0.3) is 0 Å². The van der Waals surface area contributed by atoms with Gasteiger partial charge in [0.05, 0.1) is 17.5 Å². The number of benzene rings is 1. The zero-order valence-electron chi connectivity index (χ0n) is 14.1. The zero-order chi connectivity index (χ0) is 17.7. The maximum Gasteiger partial charge on any atom is 0.253 e. The summed E-state index contributed by atoms with van der Waals surface area (Å²) < 4.78 is 38.6. The molecule has 1 atom stereocenters. The van der Waals surface area contributed by atoms with E-state index in [0.29, 0.717) is 12.5 Å². The Labute approximate surface area is 154 Å². The Kier molecular flexibility index (Phi) is 8.11. The van der Waals surface area contributed by atoms with Crippen molar-refractivity contribution < 1.29 is 17.6 Å². The van der Waals surface area contributed by atoms with Gasteiger partial charge in [-0.25, -0.2) is 12.8 Å². The van der Waals surface area contributed by atoms with Crippen LogP contribution in [0.2, 0.25) is 0 Å². The van der Waals surface area contributed by atoms with Gasteiger partial charge in [-0.15, -0.1) is 12.4 Å². The van der Waals surface area contributed by atoms with Crippen molar-refractivity contribution in [1.29, 1.82) is 0 Å². The van der Waals surface area contributed by atoms with Crippen LogP contribution in [0.1, 0.15) is 42.5 Å². The van der Waals surface area contributed by atoms with Crippen molar-refractivity contribution in [3.05, 3.63) is 29.6 Å². The average Bonchev–Trinajstić information content (AvgIpc) is 2.53. The Morgan fingerprint density at radius 3 is 2.52 bits per heavy atom. The molecule has 1 saturated carbocycles. The molecule has 0 heterocycles. The van der Waals surface area contributed by atoms with Crippen LogP contribution < -0.4 is 15.8 Å². The molecule has 0 spiro atoms. The van der Waals surface area contributed by atoms with Gasteiger partial charge in [-0.05, 0) is 37.0 Å². The molecule has 1 aliphatic rings. The van der Waals surface area contributed by atoms with Crippen molar-refractivity contribution in [2.75, 3.05) is 17.5 Å². The molecule has 1 aliphatic carbocycles. The second-order valence-electron chi connectivity index (χ2n) is 6.28. The summed E-state index contributed by atoms with van der Waals surface area (Å²) in [5, 5.41) is 2.84. The van der Waals surface area contributed by atoms with Crippen LogP contribution in [0.3, 0.4) is 0 Å². The molecule has 6 nitrogen and oxygen atoms in total. The highest BCUT2D eigenvalue weighted by molar-refractivity contribution is 7.92. The first-order valence-electron chi connectivity index (χ1n) is 8.08. The van der Waals surface area contributed by atoms with Crippen molar-refractivity contribution in [2.45, 2.75) is 38.1 Å². The number of anilines is 1. The molecule has 142 valence electrons. The summed E-state index contributed by atoms with van der Waals surface area (Å²) in [5.41, 5.74) is 5.80. The smallest absolute Gasteiger partial charge is 0.253 e. The quantitative estimate of drug-likeness (QED) is 0.689. The molecule has 1 amide bonds. The van der Waals surface area contributed by atoms with E-state index in [2.05, 4.69) is 10.0 Å². The van der Waals surface area contributed by atoms with Crippen molar-refractivity contribution in [1.82, 2.24) is 5.32 Å². The molecule has 1 aromatic carbocycles. The molecule has 0 bridgehead atoms. The van der Waals surface area contributed by atoms with Crippen LogP contribution in [0.15, 0.2) is 18.2 Å². The molecule has 0 aromatic heterocycles. The first kappa shape index (κ1) is 21.7. The molecule has 1 aromatic rings. The van der Waals surface area contributed by atoms with Gasteiger partial charge in [-0.3, -0.25) is 9.52 Å². The molecule has 1 fully saturated rings. The molecule has 0 radical (unpaired) electrons. The van der Waals surface area contributed by atoms with Gasteiger partial charge >= 0.3 is 0 Å². The molecule has 9 heteroatoms. The van der Waals surface area contributed by atoms with Crippen LogP contribution in [0, 0.1) is 11.7 Å². The van der Waals surface area contributed by atoms with Gasteiger partial charge < -0.3 is 11.1 Å². The first-order valence-corrected chi connectivity index (χ1v) is 9.97. The van der Waals surface area contributed by atoms with E-state index >= 15 is 0 Å². The van der Waals surface area contributed by atoms with Crippen LogP contribution >= 0.6 is 12.4 Å². The van der Waals surface area contributed by atoms with Crippen molar-refractivity contribution in [2.24, 2.45) is 11.7 Å². The fourth-order valence-electron chi connectivity index (χ4n) is 3.14. The van der Waals surface area contributed by atoms with Crippen LogP contribution in [0.5, 0.6) is 0 Å². The van der Waals surface area contributed by atoms with Crippen LogP contribution in [-0.2, 0) is 10.0 Å². The number of rotatable bonds is 6. The number of nitrogens with two attached hydrogens (primary N) is 1. The molecular weight excluding hydrogens is 369 g/mol. The third kappa shape index (κ3) is 6.45. The number of sulfonamides is 1. The lowest BCUT2D eigenvalue weighted by atomic mass is 9.84. The van der Waals surface area contributed by atoms with E-state index in [9.17, 15) is 17.6 Å². The van der Waals surface area contributed by atoms with Gasteiger partial charge in [0.15, 0.2) is 0 Å². The third-order valence-corrected chi connectivity index (χ3v) is 4.90. The van der Waals surface area contributed by atoms with Gasteiger partial charge in [0.2, 0.25) is 10.0 Å². The number of carbonyl (C=O) groups is 1. The Bertz CT molecular complexity index is 694. The maximum atomic E-state index is 13.5. The Morgan fingerprint density at radius 2 is 1.96 bits per heavy atom. The highest BCUT2D eigenvalue weighted by Crippen LogP contribution is 2.27. The van der Waals surface area contributed by atoms with Crippen molar-refractivity contribution >= 4 is 34.0 Å². The van der Waals surface area contributed by atoms with Crippen molar-refractivity contribution in [3.63, 3.8) is 0 Å². The SMILES string of the molecule is CS(=O)(=O)Nc1ccc(F)cc1C(=O)NC(CN)C1CCCCC1.Cl. The second-order valence-corrected chi connectivity index (χ2v) is 8.03. The Hall–Kier alpha value is -1.38. The normalized spacial score (nSPS) is 16.6. The number of amides is 1. The van der Waals surface area contributed by atoms with E-state index in [0.717, 1.165) is 44.1 Å². The predicted molar refractivity (Wildman–Crippen MR) is 99.0 cm³/mol. The minimum Gasteiger partial charge on any atom is -0.348 e. The van der Waals surface area contributed by atoms with Crippen LogP contribution in [0.4, 0.5) is 10.1 Å². The molecule has 1 unspecified atom stereocenters. The molecular formula is C16H25ClFN3O3S. The highest BCUT2D eigenvalue weighted by Gasteiger charge is 2.25. The molecule has 4 N–H and O–H groups in total. The predicted octanol–water partition coefficient (Wildman–Crippen LogP) is 2.26. The van der Waals surface area contributed by atoms with Gasteiger partial charge in [0.1, 0.15) is 5.82 Å². The summed E-state index contributed by atoms with van der Waals surface area (Å²) in [4.78, 5) is 12.5. The summed E-state index contributed by atoms with van der Waals surface area (Å²) in [6.45, 7) is 0.292. The standard InChI is InChI=1S/C16H24FN3O3S.ClH/c1-24(22,23)20-14-8-7-12(17)9-13(14)16(21)19-15(10-18)11-5-3-2-4-6-11;/h7-9,11,15,20H,2-6,10,18H2,1H3,(H,19,21);1H.